The lowest BCUT2D eigenvalue weighted by atomic mass is 9.96. The van der Waals surface area contributed by atoms with Crippen molar-refractivity contribution in [2.45, 2.75) is 45.2 Å². The second-order valence-electron chi connectivity index (χ2n) is 5.57. The third-order valence-corrected chi connectivity index (χ3v) is 4.16. The van der Waals surface area contributed by atoms with E-state index in [1.165, 1.54) is 6.42 Å². The van der Waals surface area contributed by atoms with Crippen LogP contribution in [-0.4, -0.2) is 32.9 Å². The number of fused-ring (bicyclic) bond motifs is 1. The highest BCUT2D eigenvalue weighted by molar-refractivity contribution is 6.04. The van der Waals surface area contributed by atoms with Crippen molar-refractivity contribution in [3.63, 3.8) is 0 Å². The highest BCUT2D eigenvalue weighted by atomic mass is 16.2. The van der Waals surface area contributed by atoms with E-state index in [2.05, 4.69) is 23.8 Å². The van der Waals surface area contributed by atoms with Crippen LogP contribution in [0, 0.1) is 0 Å². The molecule has 1 aliphatic heterocycles. The van der Waals surface area contributed by atoms with Crippen LogP contribution < -0.4 is 0 Å². The molecular weight excluding hydrogens is 250 g/mol. The molecule has 0 spiro atoms. The number of nitrogens with zero attached hydrogens (tertiary/aromatic N) is 3. The van der Waals surface area contributed by atoms with Gasteiger partial charge in [0.25, 0.3) is 5.91 Å². The molecule has 0 saturated carbocycles. The number of hydrogen-bond donors (Lipinski definition) is 0. The van der Waals surface area contributed by atoms with E-state index in [0.717, 1.165) is 18.4 Å². The Balaban J connectivity index is 2.04. The summed E-state index contributed by atoms with van der Waals surface area (Å²) in [4.78, 5) is 23.5. The largest absolute Gasteiger partial charge is 0.333 e. The van der Waals surface area contributed by atoms with Crippen LogP contribution in [0.4, 0.5) is 0 Å². The van der Waals surface area contributed by atoms with Crippen molar-refractivity contribution in [3.05, 3.63) is 36.2 Å². The third-order valence-electron chi connectivity index (χ3n) is 4.16. The average Bonchev–Trinajstić information content (AvgIpc) is 2.46. The van der Waals surface area contributed by atoms with Gasteiger partial charge in [0, 0.05) is 24.5 Å². The molecule has 0 N–H and O–H groups in total. The number of piperidine rings is 1. The Labute approximate surface area is 118 Å². The van der Waals surface area contributed by atoms with Gasteiger partial charge in [-0.25, -0.2) is 0 Å². The first-order valence-electron chi connectivity index (χ1n) is 7.21. The van der Waals surface area contributed by atoms with Crippen molar-refractivity contribution >= 4 is 16.9 Å². The summed E-state index contributed by atoms with van der Waals surface area (Å²) in [5.74, 6) is 0.0794. The molecule has 3 rings (SSSR count). The van der Waals surface area contributed by atoms with Gasteiger partial charge in [-0.1, -0.05) is 6.07 Å². The SMILES string of the molecule is C[C@@H]1CCC[C@H](C)N1C(=O)c1cccc2nccnc12. The van der Waals surface area contributed by atoms with Crippen LogP contribution in [-0.2, 0) is 0 Å². The molecule has 104 valence electrons. The van der Waals surface area contributed by atoms with Gasteiger partial charge in [-0.05, 0) is 45.2 Å². The first-order valence-corrected chi connectivity index (χ1v) is 7.21. The molecule has 4 heteroatoms. The van der Waals surface area contributed by atoms with E-state index in [1.807, 2.05) is 23.1 Å². The van der Waals surface area contributed by atoms with Crippen LogP contribution in [0.1, 0.15) is 43.5 Å². The Morgan fingerprint density at radius 2 is 1.85 bits per heavy atom. The Kier molecular flexibility index (Phi) is 3.38. The second kappa shape index (κ2) is 5.19. The molecule has 1 fully saturated rings. The minimum atomic E-state index is 0.0794. The van der Waals surface area contributed by atoms with E-state index >= 15 is 0 Å². The molecule has 2 heterocycles. The van der Waals surface area contributed by atoms with Crippen molar-refractivity contribution in [2.24, 2.45) is 0 Å². The Bertz CT molecular complexity index is 625. The number of rotatable bonds is 1. The molecule has 1 aromatic carbocycles. The molecule has 1 aliphatic rings. The lowest BCUT2D eigenvalue weighted by molar-refractivity contribution is 0.0512. The summed E-state index contributed by atoms with van der Waals surface area (Å²) in [6.45, 7) is 4.26. The molecule has 1 saturated heterocycles. The standard InChI is InChI=1S/C16H19N3O/c1-11-5-3-6-12(2)19(11)16(20)13-7-4-8-14-15(13)18-10-9-17-14/h4,7-12H,3,5-6H2,1-2H3/t11-,12+. The summed E-state index contributed by atoms with van der Waals surface area (Å²) >= 11 is 0. The normalized spacial score (nSPS) is 23.0. The minimum Gasteiger partial charge on any atom is -0.333 e. The van der Waals surface area contributed by atoms with Crippen LogP contribution >= 0.6 is 0 Å². The lowest BCUT2D eigenvalue weighted by Gasteiger charge is -2.39. The summed E-state index contributed by atoms with van der Waals surface area (Å²) in [7, 11) is 0. The summed E-state index contributed by atoms with van der Waals surface area (Å²) in [5, 5.41) is 0. The molecule has 1 aromatic heterocycles. The fourth-order valence-corrected chi connectivity index (χ4v) is 3.13. The molecule has 20 heavy (non-hydrogen) atoms. The molecule has 4 nitrogen and oxygen atoms in total. The van der Waals surface area contributed by atoms with E-state index in [9.17, 15) is 4.79 Å². The van der Waals surface area contributed by atoms with Gasteiger partial charge in [-0.2, -0.15) is 0 Å². The molecule has 0 unspecified atom stereocenters. The maximum atomic E-state index is 12.9. The second-order valence-corrected chi connectivity index (χ2v) is 5.57. The molecule has 2 atom stereocenters. The van der Waals surface area contributed by atoms with Gasteiger partial charge in [0.2, 0.25) is 0 Å². The van der Waals surface area contributed by atoms with Gasteiger partial charge in [0.1, 0.15) is 5.52 Å². The van der Waals surface area contributed by atoms with E-state index < -0.39 is 0 Å². The highest BCUT2D eigenvalue weighted by Crippen LogP contribution is 2.26. The van der Waals surface area contributed by atoms with Gasteiger partial charge in [0.15, 0.2) is 0 Å². The van der Waals surface area contributed by atoms with Crippen molar-refractivity contribution < 1.29 is 4.79 Å². The molecular formula is C16H19N3O. The number of para-hydroxylation sites is 1. The first kappa shape index (κ1) is 13.0. The van der Waals surface area contributed by atoms with Gasteiger partial charge >= 0.3 is 0 Å². The number of amides is 1. The van der Waals surface area contributed by atoms with Gasteiger partial charge < -0.3 is 4.90 Å². The Hall–Kier alpha value is -1.97. The van der Waals surface area contributed by atoms with Crippen LogP contribution in [0.3, 0.4) is 0 Å². The van der Waals surface area contributed by atoms with Crippen LogP contribution in [0.2, 0.25) is 0 Å². The quantitative estimate of drug-likeness (QED) is 0.799. The minimum absolute atomic E-state index is 0.0794. The fourth-order valence-electron chi connectivity index (χ4n) is 3.13. The molecule has 0 bridgehead atoms. The fraction of sp³-hybridized carbons (Fsp3) is 0.438. The van der Waals surface area contributed by atoms with Crippen molar-refractivity contribution in [1.29, 1.82) is 0 Å². The third kappa shape index (κ3) is 2.15. The Morgan fingerprint density at radius 1 is 1.15 bits per heavy atom. The van der Waals surface area contributed by atoms with Crippen LogP contribution in [0.25, 0.3) is 11.0 Å². The summed E-state index contributed by atoms with van der Waals surface area (Å²) < 4.78 is 0. The van der Waals surface area contributed by atoms with E-state index in [0.29, 0.717) is 11.1 Å². The maximum Gasteiger partial charge on any atom is 0.256 e. The Morgan fingerprint density at radius 3 is 2.60 bits per heavy atom. The highest BCUT2D eigenvalue weighted by Gasteiger charge is 2.30. The summed E-state index contributed by atoms with van der Waals surface area (Å²) in [5.41, 5.74) is 2.14. The van der Waals surface area contributed by atoms with Crippen LogP contribution in [0.5, 0.6) is 0 Å². The van der Waals surface area contributed by atoms with Gasteiger partial charge in [0.05, 0.1) is 11.1 Å². The zero-order valence-electron chi connectivity index (χ0n) is 11.9. The van der Waals surface area contributed by atoms with Crippen molar-refractivity contribution in [2.75, 3.05) is 0 Å². The number of benzene rings is 1. The van der Waals surface area contributed by atoms with E-state index in [-0.39, 0.29) is 18.0 Å². The maximum absolute atomic E-state index is 12.9. The molecule has 1 amide bonds. The summed E-state index contributed by atoms with van der Waals surface area (Å²) in [6.07, 6.45) is 6.64. The molecule has 0 radical (unpaired) electrons. The molecule has 0 aliphatic carbocycles. The predicted octanol–water partition coefficient (Wildman–Crippen LogP) is 3.03. The topological polar surface area (TPSA) is 46.1 Å². The van der Waals surface area contributed by atoms with Crippen molar-refractivity contribution in [3.8, 4) is 0 Å². The van der Waals surface area contributed by atoms with E-state index in [1.54, 1.807) is 12.4 Å². The van der Waals surface area contributed by atoms with Gasteiger partial charge in [-0.3, -0.25) is 14.8 Å². The number of aromatic nitrogens is 2. The van der Waals surface area contributed by atoms with Crippen LogP contribution in [0.15, 0.2) is 30.6 Å². The number of carbonyl (C=O) groups excluding carboxylic acids is 1. The zero-order chi connectivity index (χ0) is 14.1. The van der Waals surface area contributed by atoms with E-state index in [4.69, 9.17) is 0 Å². The monoisotopic (exact) mass is 269 g/mol. The smallest absolute Gasteiger partial charge is 0.256 e. The molecule has 2 aromatic rings. The zero-order valence-corrected chi connectivity index (χ0v) is 11.9. The average molecular weight is 269 g/mol. The number of carbonyl (C=O) groups is 1. The predicted molar refractivity (Wildman–Crippen MR) is 78.5 cm³/mol. The first-order chi connectivity index (χ1) is 9.68. The summed E-state index contributed by atoms with van der Waals surface area (Å²) in [6, 6.07) is 6.20. The number of hydrogen-bond acceptors (Lipinski definition) is 3. The number of likely N-dealkylation sites (tertiary alicyclic amines) is 1. The van der Waals surface area contributed by atoms with Crippen molar-refractivity contribution in [1.82, 2.24) is 14.9 Å². The lowest BCUT2D eigenvalue weighted by Crippen LogP contribution is -2.47. The van der Waals surface area contributed by atoms with Gasteiger partial charge in [-0.15, -0.1) is 0 Å².